The number of likely N-dealkylation sites (tertiary alicyclic amines) is 2. The molecule has 0 radical (unpaired) electrons. The van der Waals surface area contributed by atoms with Crippen LogP contribution in [0.25, 0.3) is 0 Å². The van der Waals surface area contributed by atoms with Gasteiger partial charge in [-0.15, -0.1) is 0 Å². The van der Waals surface area contributed by atoms with E-state index in [1.165, 1.54) is 69.4 Å². The van der Waals surface area contributed by atoms with Gasteiger partial charge >= 0.3 is 0 Å². The van der Waals surface area contributed by atoms with Crippen molar-refractivity contribution in [3.63, 3.8) is 0 Å². The van der Waals surface area contributed by atoms with Crippen LogP contribution in [-0.2, 0) is 14.4 Å². The lowest BCUT2D eigenvalue weighted by atomic mass is 9.79. The molecule has 2 saturated carbocycles. The van der Waals surface area contributed by atoms with Crippen molar-refractivity contribution in [2.45, 2.75) is 63.3 Å². The molecule has 0 aromatic heterocycles. The van der Waals surface area contributed by atoms with Gasteiger partial charge in [0.25, 0.3) is 0 Å². The third-order valence-corrected chi connectivity index (χ3v) is 8.51. The van der Waals surface area contributed by atoms with Crippen molar-refractivity contribution in [1.29, 1.82) is 0 Å². The summed E-state index contributed by atoms with van der Waals surface area (Å²) in [6.45, 7) is 2.99. The van der Waals surface area contributed by atoms with Crippen LogP contribution in [0.15, 0.2) is 12.2 Å². The van der Waals surface area contributed by atoms with E-state index in [0.717, 1.165) is 6.42 Å². The van der Waals surface area contributed by atoms with E-state index in [-0.39, 0.29) is 53.5 Å². The molecular weight excluding hydrogens is 366 g/mol. The minimum absolute atomic E-state index is 0.102. The SMILES string of the molecule is O=C(CN1C(=O)[C@@H]2[C@H](C1=O)[C@H]1C=C[C@H]2C1)NCC1([NH+]2CCCCC2)CCCCC1. The molecule has 0 aromatic rings. The van der Waals surface area contributed by atoms with Crippen LogP contribution in [0.4, 0.5) is 0 Å². The number of carbonyl (C=O) groups is 3. The highest BCUT2D eigenvalue weighted by Gasteiger charge is 2.59. The molecule has 5 aliphatic rings. The summed E-state index contributed by atoms with van der Waals surface area (Å²) in [6.07, 6.45) is 15.1. The summed E-state index contributed by atoms with van der Waals surface area (Å²) in [5.74, 6) is -0.457. The molecule has 4 atom stereocenters. The van der Waals surface area contributed by atoms with E-state index in [1.54, 1.807) is 4.90 Å². The fourth-order valence-corrected chi connectivity index (χ4v) is 6.98. The van der Waals surface area contributed by atoms with Crippen LogP contribution in [0, 0.1) is 23.7 Å². The van der Waals surface area contributed by atoms with Crippen molar-refractivity contribution in [1.82, 2.24) is 10.2 Å². The molecule has 4 fully saturated rings. The van der Waals surface area contributed by atoms with Gasteiger partial charge in [0.15, 0.2) is 0 Å². The third-order valence-electron chi connectivity index (χ3n) is 8.51. The van der Waals surface area contributed by atoms with E-state index in [2.05, 4.69) is 17.5 Å². The number of piperidine rings is 1. The van der Waals surface area contributed by atoms with Gasteiger partial charge in [-0.2, -0.15) is 0 Å². The molecule has 0 unspecified atom stereocenters. The van der Waals surface area contributed by atoms with Crippen molar-refractivity contribution in [2.24, 2.45) is 23.7 Å². The normalized spacial score (nSPS) is 35.9. The number of hydrogen-bond donors (Lipinski definition) is 2. The number of amides is 3. The Kier molecular flexibility index (Phi) is 5.01. The largest absolute Gasteiger partial charge is 0.348 e. The zero-order chi connectivity index (χ0) is 20.0. The molecular formula is C23H34N3O3+. The first kappa shape index (κ1) is 19.3. The van der Waals surface area contributed by atoms with E-state index in [0.29, 0.717) is 6.54 Å². The highest BCUT2D eigenvalue weighted by atomic mass is 16.2. The Hall–Kier alpha value is -1.69. The molecule has 2 N–H and O–H groups in total. The number of allylic oxidation sites excluding steroid dienone is 2. The second kappa shape index (κ2) is 7.53. The van der Waals surface area contributed by atoms with Crippen molar-refractivity contribution < 1.29 is 19.3 Å². The molecule has 6 heteroatoms. The Bertz CT molecular complexity index is 691. The first-order chi connectivity index (χ1) is 14.1. The van der Waals surface area contributed by atoms with E-state index in [9.17, 15) is 14.4 Å². The van der Waals surface area contributed by atoms with Gasteiger partial charge in [-0.05, 0) is 50.4 Å². The fraction of sp³-hybridized carbons (Fsp3) is 0.783. The van der Waals surface area contributed by atoms with E-state index in [4.69, 9.17) is 0 Å². The number of nitrogens with one attached hydrogen (secondary N) is 2. The molecule has 158 valence electrons. The molecule has 29 heavy (non-hydrogen) atoms. The van der Waals surface area contributed by atoms with Crippen molar-refractivity contribution in [3.8, 4) is 0 Å². The minimum Gasteiger partial charge on any atom is -0.348 e. The number of quaternary nitrogens is 1. The Morgan fingerprint density at radius 2 is 1.55 bits per heavy atom. The van der Waals surface area contributed by atoms with Gasteiger partial charge in [-0.1, -0.05) is 18.6 Å². The molecule has 3 aliphatic carbocycles. The molecule has 2 saturated heterocycles. The summed E-state index contributed by atoms with van der Waals surface area (Å²) in [5, 5.41) is 3.14. The summed E-state index contributed by atoms with van der Waals surface area (Å²) < 4.78 is 0. The Balaban J connectivity index is 1.21. The Labute approximate surface area is 173 Å². The highest BCUT2D eigenvalue weighted by Crippen LogP contribution is 2.52. The number of nitrogens with zero attached hydrogens (tertiary/aromatic N) is 1. The summed E-state index contributed by atoms with van der Waals surface area (Å²) in [6, 6.07) is 0. The third kappa shape index (κ3) is 3.24. The van der Waals surface area contributed by atoms with Crippen LogP contribution in [0.2, 0.25) is 0 Å². The molecule has 2 heterocycles. The zero-order valence-electron chi connectivity index (χ0n) is 17.3. The van der Waals surface area contributed by atoms with Crippen LogP contribution in [0.5, 0.6) is 0 Å². The lowest BCUT2D eigenvalue weighted by Crippen LogP contribution is -3.22. The first-order valence-corrected chi connectivity index (χ1v) is 11.7. The number of carbonyl (C=O) groups excluding carboxylic acids is 3. The summed E-state index contributed by atoms with van der Waals surface area (Å²) in [5.41, 5.74) is 0.146. The standard InChI is InChI=1S/C23H33N3O3/c27-18(14-26-21(28)19-16-7-8-17(13-16)20(19)22(26)29)24-15-23(9-3-1-4-10-23)25-11-5-2-6-12-25/h7-8,16-17,19-20H,1-6,9-15H2,(H,24,27)/p+1/t16-,17-,19-,20+/m0/s1. The van der Waals surface area contributed by atoms with Gasteiger partial charge in [0.1, 0.15) is 12.1 Å². The molecule has 3 amide bonds. The van der Waals surface area contributed by atoms with Crippen LogP contribution in [0.3, 0.4) is 0 Å². The van der Waals surface area contributed by atoms with E-state index < -0.39 is 0 Å². The van der Waals surface area contributed by atoms with Crippen molar-refractivity contribution >= 4 is 17.7 Å². The molecule has 0 spiro atoms. The van der Waals surface area contributed by atoms with Gasteiger partial charge in [-0.25, -0.2) is 0 Å². The van der Waals surface area contributed by atoms with Gasteiger partial charge in [-0.3, -0.25) is 19.3 Å². The predicted molar refractivity (Wildman–Crippen MR) is 108 cm³/mol. The molecule has 6 nitrogen and oxygen atoms in total. The second-order valence-electron chi connectivity index (χ2n) is 10.0. The van der Waals surface area contributed by atoms with Gasteiger partial charge < -0.3 is 10.2 Å². The quantitative estimate of drug-likeness (QED) is 0.527. The molecule has 2 bridgehead atoms. The minimum atomic E-state index is -0.215. The molecule has 0 aromatic carbocycles. The lowest BCUT2D eigenvalue weighted by molar-refractivity contribution is -0.957. The molecule has 5 rings (SSSR count). The maximum absolute atomic E-state index is 12.8. The maximum Gasteiger partial charge on any atom is 0.240 e. The van der Waals surface area contributed by atoms with Crippen LogP contribution in [-0.4, -0.2) is 54.3 Å². The smallest absolute Gasteiger partial charge is 0.240 e. The Morgan fingerprint density at radius 3 is 2.17 bits per heavy atom. The van der Waals surface area contributed by atoms with Crippen molar-refractivity contribution in [2.75, 3.05) is 26.2 Å². The van der Waals surface area contributed by atoms with Crippen LogP contribution in [0.1, 0.15) is 57.8 Å². The number of rotatable bonds is 5. The van der Waals surface area contributed by atoms with Crippen LogP contribution < -0.4 is 10.2 Å². The average molecular weight is 401 g/mol. The number of hydrogen-bond acceptors (Lipinski definition) is 3. The van der Waals surface area contributed by atoms with Gasteiger partial charge in [0.05, 0.1) is 31.5 Å². The van der Waals surface area contributed by atoms with E-state index >= 15 is 0 Å². The average Bonchev–Trinajstić information content (AvgIpc) is 3.44. The van der Waals surface area contributed by atoms with Crippen LogP contribution >= 0.6 is 0 Å². The van der Waals surface area contributed by atoms with Gasteiger partial charge in [0.2, 0.25) is 17.7 Å². The van der Waals surface area contributed by atoms with E-state index in [1.807, 2.05) is 0 Å². The number of imide groups is 1. The first-order valence-electron chi connectivity index (χ1n) is 11.7. The zero-order valence-corrected chi connectivity index (χ0v) is 17.3. The maximum atomic E-state index is 12.8. The summed E-state index contributed by atoms with van der Waals surface area (Å²) in [4.78, 5) is 41.3. The second-order valence-corrected chi connectivity index (χ2v) is 10.0. The summed E-state index contributed by atoms with van der Waals surface area (Å²) in [7, 11) is 0. The predicted octanol–water partition coefficient (Wildman–Crippen LogP) is 0.681. The van der Waals surface area contributed by atoms with Gasteiger partial charge in [0, 0.05) is 12.8 Å². The monoisotopic (exact) mass is 400 g/mol. The fourth-order valence-electron chi connectivity index (χ4n) is 6.98. The Morgan fingerprint density at radius 1 is 0.966 bits per heavy atom. The number of fused-ring (bicyclic) bond motifs is 5. The highest BCUT2D eigenvalue weighted by molar-refractivity contribution is 6.08. The topological polar surface area (TPSA) is 70.9 Å². The molecule has 2 aliphatic heterocycles. The summed E-state index contributed by atoms with van der Waals surface area (Å²) >= 11 is 0. The van der Waals surface area contributed by atoms with Crippen molar-refractivity contribution in [3.05, 3.63) is 12.2 Å². The lowest BCUT2D eigenvalue weighted by Gasteiger charge is -2.45.